The van der Waals surface area contributed by atoms with Gasteiger partial charge in [-0.2, -0.15) is 0 Å². The topological polar surface area (TPSA) is 85.7 Å². The zero-order valence-corrected chi connectivity index (χ0v) is 13.3. The molecule has 1 aliphatic rings. The van der Waals surface area contributed by atoms with Crippen LogP contribution in [-0.2, 0) is 4.74 Å². The van der Waals surface area contributed by atoms with Crippen molar-refractivity contribution in [2.75, 3.05) is 7.11 Å². The Balaban J connectivity index is 1.51. The second-order valence-corrected chi connectivity index (χ2v) is 6.51. The van der Waals surface area contributed by atoms with Crippen molar-refractivity contribution < 1.29 is 9.53 Å². The first-order chi connectivity index (χ1) is 11.2. The van der Waals surface area contributed by atoms with Gasteiger partial charge in [-0.05, 0) is 37.5 Å². The van der Waals surface area contributed by atoms with Gasteiger partial charge in [0.1, 0.15) is 26.7 Å². The number of carbonyl (C=O) groups is 1. The molecule has 23 heavy (non-hydrogen) atoms. The zero-order chi connectivity index (χ0) is 15.8. The molecule has 1 N–H and O–H groups in total. The van der Waals surface area contributed by atoms with Gasteiger partial charge in [0.2, 0.25) is 0 Å². The molecule has 4 rings (SSSR count). The molecule has 0 bridgehead atoms. The molecule has 1 saturated carbocycles. The third-order valence-electron chi connectivity index (χ3n) is 3.98. The van der Waals surface area contributed by atoms with Gasteiger partial charge in [0.15, 0.2) is 0 Å². The molecule has 8 heteroatoms. The number of thiazole rings is 1. The molecule has 1 aliphatic carbocycles. The maximum absolute atomic E-state index is 11.5. The van der Waals surface area contributed by atoms with E-state index >= 15 is 0 Å². The number of rotatable bonds is 4. The van der Waals surface area contributed by atoms with Crippen LogP contribution in [0.1, 0.15) is 46.5 Å². The van der Waals surface area contributed by atoms with Crippen molar-refractivity contribution in [3.8, 4) is 0 Å². The fourth-order valence-electron chi connectivity index (χ4n) is 2.48. The van der Waals surface area contributed by atoms with Crippen LogP contribution in [0.4, 0.5) is 0 Å². The van der Waals surface area contributed by atoms with E-state index in [0.29, 0.717) is 11.7 Å². The van der Waals surface area contributed by atoms with Crippen LogP contribution in [0, 0.1) is 0 Å². The Labute approximate surface area is 136 Å². The highest BCUT2D eigenvalue weighted by Crippen LogP contribution is 2.30. The summed E-state index contributed by atoms with van der Waals surface area (Å²) >= 11 is 1.48. The molecule has 0 aliphatic heterocycles. The second kappa shape index (κ2) is 5.62. The first kappa shape index (κ1) is 14.1. The first-order valence-electron chi connectivity index (χ1n) is 7.41. The van der Waals surface area contributed by atoms with Crippen LogP contribution in [0.5, 0.6) is 0 Å². The summed E-state index contributed by atoms with van der Waals surface area (Å²) < 4.78 is 6.62. The molecule has 7 nitrogen and oxygen atoms in total. The molecule has 118 valence electrons. The lowest BCUT2D eigenvalue weighted by atomic mass is 9.93. The average molecular weight is 329 g/mol. The van der Waals surface area contributed by atoms with Gasteiger partial charge in [-0.25, -0.2) is 14.5 Å². The summed E-state index contributed by atoms with van der Waals surface area (Å²) in [7, 11) is 1.36. The van der Waals surface area contributed by atoms with Gasteiger partial charge >= 0.3 is 5.97 Å². The van der Waals surface area contributed by atoms with E-state index in [4.69, 9.17) is 0 Å². The Morgan fingerprint density at radius 2 is 2.35 bits per heavy atom. The van der Waals surface area contributed by atoms with Crippen LogP contribution >= 0.6 is 11.3 Å². The molecule has 0 atom stereocenters. The number of nitrogens with one attached hydrogen (secondary N) is 1. The lowest BCUT2D eigenvalue weighted by molar-refractivity contribution is 0.0595. The number of aromatic nitrogens is 5. The number of hydrogen-bond donors (Lipinski definition) is 1. The van der Waals surface area contributed by atoms with Gasteiger partial charge in [-0.15, -0.1) is 5.10 Å². The zero-order valence-electron chi connectivity index (χ0n) is 12.5. The lowest BCUT2D eigenvalue weighted by Crippen LogP contribution is -2.17. The van der Waals surface area contributed by atoms with Crippen molar-refractivity contribution in [2.24, 2.45) is 0 Å². The molecular weight excluding hydrogens is 314 g/mol. The molecule has 0 unspecified atom stereocenters. The van der Waals surface area contributed by atoms with Crippen molar-refractivity contribution in [3.05, 3.63) is 28.7 Å². The smallest absolute Gasteiger partial charge is 0.354 e. The fraction of sp³-hybridized carbons (Fsp3) is 0.333. The highest BCUT2D eigenvalue weighted by Gasteiger charge is 2.20. The number of hydrogen-bond acceptors (Lipinski definition) is 6. The number of fused-ring (bicyclic) bond motifs is 1. The average Bonchev–Trinajstić information content (AvgIpc) is 3.16. The molecule has 3 aromatic heterocycles. The predicted molar refractivity (Wildman–Crippen MR) is 87.1 cm³/mol. The summed E-state index contributed by atoms with van der Waals surface area (Å²) in [4.78, 5) is 19.8. The van der Waals surface area contributed by atoms with Crippen molar-refractivity contribution in [1.82, 2.24) is 25.0 Å². The first-order valence-corrected chi connectivity index (χ1v) is 8.22. The Morgan fingerprint density at radius 1 is 1.48 bits per heavy atom. The quantitative estimate of drug-likeness (QED) is 0.744. The van der Waals surface area contributed by atoms with E-state index in [9.17, 15) is 4.79 Å². The number of carbonyl (C=O) groups excluding carboxylic acids is 1. The third-order valence-corrected chi connectivity index (χ3v) is 4.93. The second-order valence-electron chi connectivity index (χ2n) is 5.48. The minimum atomic E-state index is -0.389. The van der Waals surface area contributed by atoms with E-state index in [1.807, 2.05) is 23.0 Å². The van der Waals surface area contributed by atoms with E-state index in [1.54, 1.807) is 6.07 Å². The number of H-pyrrole nitrogens is 1. The van der Waals surface area contributed by atoms with E-state index in [0.717, 1.165) is 21.0 Å². The Bertz CT molecular complexity index is 855. The van der Waals surface area contributed by atoms with Crippen molar-refractivity contribution in [3.63, 3.8) is 0 Å². The van der Waals surface area contributed by atoms with E-state index in [-0.39, 0.29) is 5.97 Å². The van der Waals surface area contributed by atoms with Crippen LogP contribution in [0.3, 0.4) is 0 Å². The number of esters is 1. The van der Waals surface area contributed by atoms with Gasteiger partial charge < -0.3 is 9.72 Å². The van der Waals surface area contributed by atoms with Crippen molar-refractivity contribution in [2.45, 2.75) is 25.3 Å². The monoisotopic (exact) mass is 329 g/mol. The van der Waals surface area contributed by atoms with Crippen LogP contribution in [0.15, 0.2) is 12.3 Å². The summed E-state index contributed by atoms with van der Waals surface area (Å²) in [6, 6.07) is 2.21. The molecule has 1 fully saturated rings. The minimum absolute atomic E-state index is 0.389. The van der Waals surface area contributed by atoms with Gasteiger partial charge in [0.25, 0.3) is 0 Å². The highest BCUT2D eigenvalue weighted by atomic mass is 32.1. The highest BCUT2D eigenvalue weighted by molar-refractivity contribution is 7.19. The molecular formula is C15H15N5O2S. The fourth-order valence-corrected chi connectivity index (χ4v) is 3.34. The van der Waals surface area contributed by atoms with Gasteiger partial charge in [0.05, 0.1) is 19.3 Å². The van der Waals surface area contributed by atoms with E-state index in [1.165, 1.54) is 37.7 Å². The third kappa shape index (κ3) is 2.65. The maximum Gasteiger partial charge on any atom is 0.354 e. The predicted octanol–water partition coefficient (Wildman–Crippen LogP) is 2.90. The van der Waals surface area contributed by atoms with E-state index < -0.39 is 0 Å². The molecule has 3 heterocycles. The number of ether oxygens (including phenoxy) is 1. The lowest BCUT2D eigenvalue weighted by Gasteiger charge is -2.24. The maximum atomic E-state index is 11.5. The normalized spacial score (nSPS) is 15.3. The van der Waals surface area contributed by atoms with Crippen LogP contribution < -0.4 is 0 Å². The number of nitrogens with zero attached hydrogens (tertiary/aromatic N) is 4. The molecule has 0 amide bonds. The number of aromatic amines is 1. The largest absolute Gasteiger partial charge is 0.464 e. The van der Waals surface area contributed by atoms with Gasteiger partial charge in [-0.3, -0.25) is 0 Å². The summed E-state index contributed by atoms with van der Waals surface area (Å²) in [5, 5.41) is 9.17. The minimum Gasteiger partial charge on any atom is -0.464 e. The van der Waals surface area contributed by atoms with Crippen molar-refractivity contribution >= 4 is 39.8 Å². The Kier molecular flexibility index (Phi) is 3.45. The standard InChI is InChI=1S/C15H15N5O2S/c1-22-15(21)12-7-11-14(17-12)23-13(16-11)6-5-9-8-20(19-18-9)10-3-2-4-10/h5-8,10,17H,2-4H2,1H3. The molecule has 0 radical (unpaired) electrons. The summed E-state index contributed by atoms with van der Waals surface area (Å²) in [5.74, 6) is -0.389. The molecule has 0 spiro atoms. The molecule has 0 aromatic carbocycles. The summed E-state index contributed by atoms with van der Waals surface area (Å²) in [6.07, 6.45) is 9.43. The summed E-state index contributed by atoms with van der Waals surface area (Å²) in [5.41, 5.74) is 2.00. The molecule has 0 saturated heterocycles. The SMILES string of the molecule is COC(=O)c1cc2nc(C=Cc3cn(C4CCC4)nn3)sc2[nH]1. The summed E-state index contributed by atoms with van der Waals surface area (Å²) in [6.45, 7) is 0. The Hall–Kier alpha value is -2.48. The van der Waals surface area contributed by atoms with Crippen LogP contribution in [-0.4, -0.2) is 38.0 Å². The van der Waals surface area contributed by atoms with Crippen LogP contribution in [0.2, 0.25) is 0 Å². The Morgan fingerprint density at radius 3 is 3.04 bits per heavy atom. The number of methoxy groups -OCH3 is 1. The van der Waals surface area contributed by atoms with Gasteiger partial charge in [0, 0.05) is 0 Å². The van der Waals surface area contributed by atoms with Gasteiger partial charge in [-0.1, -0.05) is 16.6 Å². The molecule has 3 aromatic rings. The van der Waals surface area contributed by atoms with Crippen LogP contribution in [0.25, 0.3) is 22.5 Å². The van der Waals surface area contributed by atoms with Crippen molar-refractivity contribution in [1.29, 1.82) is 0 Å². The van der Waals surface area contributed by atoms with E-state index in [2.05, 4.69) is 25.0 Å².